The molecular weight excluding hydrogens is 426 g/mol. The molecule has 0 fully saturated rings. The van der Waals surface area contributed by atoms with Crippen molar-refractivity contribution in [3.8, 4) is 0 Å². The summed E-state index contributed by atoms with van der Waals surface area (Å²) in [5.41, 5.74) is 0.489. The second-order valence-corrected chi connectivity index (χ2v) is 7.70. The molecule has 142 valence electrons. The largest absolute Gasteiger partial charge is 0.332 e. The molecule has 0 saturated heterocycles. The summed E-state index contributed by atoms with van der Waals surface area (Å²) < 4.78 is 3.00. The van der Waals surface area contributed by atoms with E-state index in [0.29, 0.717) is 36.0 Å². The van der Waals surface area contributed by atoms with Crippen LogP contribution in [0, 0.1) is 0 Å². The molecular formula is C20H16BrN3O4. The molecule has 28 heavy (non-hydrogen) atoms. The fourth-order valence-corrected chi connectivity index (χ4v) is 3.85. The Bertz CT molecular complexity index is 1260. The van der Waals surface area contributed by atoms with Crippen LogP contribution in [0.3, 0.4) is 0 Å². The number of Topliss-reactive ketones (excluding diaryl/α,β-unsaturated/α-hetero) is 2. The molecule has 0 radical (unpaired) electrons. The predicted octanol–water partition coefficient (Wildman–Crippen LogP) is 2.26. The zero-order valence-corrected chi connectivity index (χ0v) is 16.7. The van der Waals surface area contributed by atoms with E-state index in [1.54, 1.807) is 24.3 Å². The van der Waals surface area contributed by atoms with Gasteiger partial charge >= 0.3 is 5.69 Å². The predicted molar refractivity (Wildman–Crippen MR) is 107 cm³/mol. The number of halogens is 1. The fourth-order valence-electron chi connectivity index (χ4n) is 3.58. The van der Waals surface area contributed by atoms with Crippen LogP contribution < -0.4 is 11.2 Å². The van der Waals surface area contributed by atoms with Crippen LogP contribution in [0.2, 0.25) is 0 Å². The molecule has 4 rings (SSSR count). The van der Waals surface area contributed by atoms with Crippen LogP contribution >= 0.6 is 15.9 Å². The number of hydrogen-bond donors (Lipinski definition) is 0. The lowest BCUT2D eigenvalue weighted by atomic mass is 9.90. The summed E-state index contributed by atoms with van der Waals surface area (Å²) in [5, 5.41) is 0.247. The SMILES string of the molecule is Cn1c(=O)n(CC(=O)c2ccc(Br)cc2)c(=O)c2c3c(cnc21)C(=O)CCC3. The van der Waals surface area contributed by atoms with E-state index < -0.39 is 11.2 Å². The number of ketones is 2. The van der Waals surface area contributed by atoms with Gasteiger partial charge < -0.3 is 0 Å². The minimum atomic E-state index is -0.613. The van der Waals surface area contributed by atoms with Gasteiger partial charge in [-0.05, 0) is 30.5 Å². The Morgan fingerprint density at radius 1 is 1.14 bits per heavy atom. The molecule has 7 nitrogen and oxygen atoms in total. The van der Waals surface area contributed by atoms with Crippen molar-refractivity contribution in [2.24, 2.45) is 7.05 Å². The first-order valence-corrected chi connectivity index (χ1v) is 9.61. The highest BCUT2D eigenvalue weighted by atomic mass is 79.9. The molecule has 2 aromatic heterocycles. The molecule has 0 bridgehead atoms. The third kappa shape index (κ3) is 2.93. The number of aryl methyl sites for hydroxylation is 2. The first kappa shape index (κ1) is 18.5. The number of carbonyl (C=O) groups excluding carboxylic acids is 2. The van der Waals surface area contributed by atoms with Crippen LogP contribution in [0.4, 0.5) is 0 Å². The highest BCUT2D eigenvalue weighted by Gasteiger charge is 2.24. The van der Waals surface area contributed by atoms with Gasteiger partial charge in [-0.25, -0.2) is 9.78 Å². The van der Waals surface area contributed by atoms with Gasteiger partial charge in [0.2, 0.25) is 0 Å². The van der Waals surface area contributed by atoms with E-state index in [9.17, 15) is 19.2 Å². The van der Waals surface area contributed by atoms with Gasteiger partial charge in [-0.2, -0.15) is 0 Å². The molecule has 8 heteroatoms. The number of benzene rings is 1. The van der Waals surface area contributed by atoms with Crippen LogP contribution in [-0.4, -0.2) is 25.7 Å². The van der Waals surface area contributed by atoms with Gasteiger partial charge in [0.15, 0.2) is 11.6 Å². The van der Waals surface area contributed by atoms with E-state index >= 15 is 0 Å². The van der Waals surface area contributed by atoms with Crippen molar-refractivity contribution in [2.45, 2.75) is 25.8 Å². The Kier molecular flexibility index (Phi) is 4.58. The number of fused-ring (bicyclic) bond motifs is 3. The summed E-state index contributed by atoms with van der Waals surface area (Å²) in [5.74, 6) is -0.402. The Balaban J connectivity index is 1.90. The number of aromatic nitrogens is 3. The number of nitrogens with zero attached hydrogens (tertiary/aromatic N) is 3. The van der Waals surface area contributed by atoms with Crippen molar-refractivity contribution in [1.82, 2.24) is 14.1 Å². The molecule has 0 aliphatic heterocycles. The zero-order chi connectivity index (χ0) is 20.0. The summed E-state index contributed by atoms with van der Waals surface area (Å²) >= 11 is 3.31. The van der Waals surface area contributed by atoms with Gasteiger partial charge in [-0.15, -0.1) is 0 Å². The lowest BCUT2D eigenvalue weighted by Crippen LogP contribution is -2.41. The second kappa shape index (κ2) is 6.94. The number of pyridine rings is 1. The van der Waals surface area contributed by atoms with Crippen molar-refractivity contribution in [2.75, 3.05) is 0 Å². The van der Waals surface area contributed by atoms with Crippen LogP contribution in [-0.2, 0) is 20.0 Å². The van der Waals surface area contributed by atoms with Crippen LogP contribution in [0.1, 0.15) is 39.1 Å². The molecule has 0 atom stereocenters. The Morgan fingerprint density at radius 2 is 1.86 bits per heavy atom. The molecule has 0 N–H and O–H groups in total. The minimum Gasteiger partial charge on any atom is -0.294 e. The average Bonchev–Trinajstić information content (AvgIpc) is 2.69. The lowest BCUT2D eigenvalue weighted by Gasteiger charge is -2.18. The summed E-state index contributed by atoms with van der Waals surface area (Å²) in [4.78, 5) is 54.9. The van der Waals surface area contributed by atoms with Crippen molar-refractivity contribution in [1.29, 1.82) is 0 Å². The molecule has 1 aliphatic rings. The monoisotopic (exact) mass is 441 g/mol. The molecule has 2 heterocycles. The third-order valence-corrected chi connectivity index (χ3v) is 5.59. The van der Waals surface area contributed by atoms with E-state index in [4.69, 9.17) is 0 Å². The second-order valence-electron chi connectivity index (χ2n) is 6.79. The quantitative estimate of drug-likeness (QED) is 0.581. The topological polar surface area (TPSA) is 91.0 Å². The van der Waals surface area contributed by atoms with Gasteiger partial charge in [0, 0.05) is 35.3 Å². The van der Waals surface area contributed by atoms with Crippen LogP contribution in [0.5, 0.6) is 0 Å². The molecule has 0 saturated carbocycles. The molecule has 0 amide bonds. The average molecular weight is 442 g/mol. The summed E-state index contributed by atoms with van der Waals surface area (Å²) in [7, 11) is 1.51. The number of rotatable bonds is 3. The van der Waals surface area contributed by atoms with Crippen molar-refractivity contribution in [3.05, 3.63) is 72.5 Å². The summed E-state index contributed by atoms with van der Waals surface area (Å²) in [6.07, 6.45) is 3.07. The smallest absolute Gasteiger partial charge is 0.294 e. The van der Waals surface area contributed by atoms with E-state index in [-0.39, 0.29) is 29.1 Å². The Morgan fingerprint density at radius 3 is 2.57 bits per heavy atom. The molecule has 1 aliphatic carbocycles. The maximum atomic E-state index is 13.1. The van der Waals surface area contributed by atoms with Crippen molar-refractivity contribution in [3.63, 3.8) is 0 Å². The van der Waals surface area contributed by atoms with Gasteiger partial charge in [-0.1, -0.05) is 28.1 Å². The molecule has 0 unspecified atom stereocenters. The van der Waals surface area contributed by atoms with Crippen LogP contribution in [0.25, 0.3) is 11.0 Å². The summed E-state index contributed by atoms with van der Waals surface area (Å²) in [6, 6.07) is 6.71. The minimum absolute atomic E-state index is 0.0543. The van der Waals surface area contributed by atoms with Crippen molar-refractivity contribution < 1.29 is 9.59 Å². The van der Waals surface area contributed by atoms with Crippen molar-refractivity contribution >= 4 is 38.5 Å². The normalized spacial score (nSPS) is 13.6. The first-order valence-electron chi connectivity index (χ1n) is 8.82. The number of hydrogen-bond acceptors (Lipinski definition) is 5. The van der Waals surface area contributed by atoms with Gasteiger partial charge in [-0.3, -0.25) is 23.5 Å². The van der Waals surface area contributed by atoms with Gasteiger partial charge in [0.1, 0.15) is 5.65 Å². The Labute approximate surface area is 167 Å². The fraction of sp³-hybridized carbons (Fsp3) is 0.250. The first-order chi connectivity index (χ1) is 13.4. The maximum Gasteiger partial charge on any atom is 0.332 e. The van der Waals surface area contributed by atoms with Crippen LogP contribution in [0.15, 0.2) is 44.5 Å². The van der Waals surface area contributed by atoms with E-state index in [1.165, 1.54) is 17.8 Å². The van der Waals surface area contributed by atoms with E-state index in [2.05, 4.69) is 20.9 Å². The number of carbonyl (C=O) groups is 2. The lowest BCUT2D eigenvalue weighted by molar-refractivity contribution is 0.0961. The third-order valence-electron chi connectivity index (χ3n) is 5.06. The summed E-state index contributed by atoms with van der Waals surface area (Å²) in [6.45, 7) is -0.374. The van der Waals surface area contributed by atoms with E-state index in [1.807, 2.05) is 0 Å². The molecule has 1 aromatic carbocycles. The van der Waals surface area contributed by atoms with Gasteiger partial charge in [0.05, 0.1) is 11.9 Å². The van der Waals surface area contributed by atoms with E-state index in [0.717, 1.165) is 9.04 Å². The van der Waals surface area contributed by atoms with Gasteiger partial charge in [0.25, 0.3) is 5.56 Å². The Hall–Kier alpha value is -2.87. The highest BCUT2D eigenvalue weighted by molar-refractivity contribution is 9.10. The molecule has 0 spiro atoms. The molecule has 3 aromatic rings. The zero-order valence-electron chi connectivity index (χ0n) is 15.1. The standard InChI is InChI=1S/C20H16BrN3O4/c1-23-18-17(13-3-2-4-15(25)14(13)9-22-18)19(27)24(20(23)28)10-16(26)11-5-7-12(21)8-6-11/h5-9H,2-4,10H2,1H3. The highest BCUT2D eigenvalue weighted by Crippen LogP contribution is 2.25. The maximum absolute atomic E-state index is 13.1.